The number of amides is 1. The highest BCUT2D eigenvalue weighted by Crippen LogP contribution is 2.23. The third kappa shape index (κ3) is 6.55. The van der Waals surface area contributed by atoms with Crippen LogP contribution in [-0.2, 0) is 17.8 Å². The Kier molecular flexibility index (Phi) is 8.29. The number of nitrogens with zero attached hydrogens (tertiary/aromatic N) is 1. The molecule has 3 aromatic carbocycles. The summed E-state index contributed by atoms with van der Waals surface area (Å²) in [6, 6.07) is 19.7. The molecule has 0 fully saturated rings. The molecule has 7 heteroatoms. The van der Waals surface area contributed by atoms with E-state index in [1.165, 1.54) is 0 Å². The molecular formula is C23H19Cl4NO2. The lowest BCUT2D eigenvalue weighted by molar-refractivity contribution is -0.134. The van der Waals surface area contributed by atoms with Crippen molar-refractivity contribution in [3.8, 4) is 5.75 Å². The third-order valence-corrected chi connectivity index (χ3v) is 5.72. The number of carbonyl (C=O) groups is 1. The van der Waals surface area contributed by atoms with Crippen molar-refractivity contribution in [2.75, 3.05) is 13.2 Å². The van der Waals surface area contributed by atoms with Crippen LogP contribution in [0.25, 0.3) is 0 Å². The number of ether oxygens (including phenoxy) is 1. The van der Waals surface area contributed by atoms with Gasteiger partial charge in [0.05, 0.1) is 0 Å². The summed E-state index contributed by atoms with van der Waals surface area (Å²) in [5.74, 6) is 0.418. The molecule has 0 unspecified atom stereocenters. The molecule has 3 rings (SSSR count). The molecule has 0 aliphatic carbocycles. The molecule has 156 valence electrons. The SMILES string of the molecule is O=C(COc1ccc(Cl)cc1)N(CCc1ccc(Cl)cc1Cl)Cc1ccccc1Cl. The zero-order valence-corrected chi connectivity index (χ0v) is 19.0. The molecule has 3 nitrogen and oxygen atoms in total. The second-order valence-electron chi connectivity index (χ2n) is 6.64. The number of benzene rings is 3. The molecular weight excluding hydrogens is 464 g/mol. The van der Waals surface area contributed by atoms with Crippen molar-refractivity contribution in [2.45, 2.75) is 13.0 Å². The average molecular weight is 483 g/mol. The van der Waals surface area contributed by atoms with Crippen molar-refractivity contribution in [3.05, 3.63) is 97.9 Å². The Bertz CT molecular complexity index is 1010. The van der Waals surface area contributed by atoms with Crippen LogP contribution >= 0.6 is 46.4 Å². The minimum absolute atomic E-state index is 0.0968. The predicted octanol–water partition coefficient (Wildman–Crippen LogP) is 6.95. The maximum absolute atomic E-state index is 12.9. The van der Waals surface area contributed by atoms with Crippen LogP contribution in [0.5, 0.6) is 5.75 Å². The average Bonchev–Trinajstić information content (AvgIpc) is 2.73. The Morgan fingerprint density at radius 1 is 0.800 bits per heavy atom. The van der Waals surface area contributed by atoms with Gasteiger partial charge in [-0.1, -0.05) is 70.7 Å². The highest BCUT2D eigenvalue weighted by atomic mass is 35.5. The van der Waals surface area contributed by atoms with Crippen LogP contribution in [0.15, 0.2) is 66.7 Å². The van der Waals surface area contributed by atoms with Gasteiger partial charge in [-0.15, -0.1) is 0 Å². The van der Waals surface area contributed by atoms with E-state index < -0.39 is 0 Å². The smallest absolute Gasteiger partial charge is 0.260 e. The molecule has 0 atom stereocenters. The summed E-state index contributed by atoms with van der Waals surface area (Å²) in [5.41, 5.74) is 1.78. The van der Waals surface area contributed by atoms with Gasteiger partial charge in [-0.2, -0.15) is 0 Å². The summed E-state index contributed by atoms with van der Waals surface area (Å²) < 4.78 is 5.64. The highest BCUT2D eigenvalue weighted by Gasteiger charge is 2.17. The largest absolute Gasteiger partial charge is 0.484 e. The van der Waals surface area contributed by atoms with E-state index in [-0.39, 0.29) is 12.5 Å². The number of rotatable bonds is 8. The van der Waals surface area contributed by atoms with Gasteiger partial charge in [-0.05, 0) is 60.0 Å². The summed E-state index contributed by atoms with van der Waals surface area (Å²) in [7, 11) is 0. The van der Waals surface area contributed by atoms with Gasteiger partial charge in [-0.25, -0.2) is 0 Å². The highest BCUT2D eigenvalue weighted by molar-refractivity contribution is 6.35. The number of halogens is 4. The molecule has 0 spiro atoms. The Labute approximate surface area is 196 Å². The standard InChI is InChI=1S/C23H19Cl4NO2/c24-18-7-9-20(10-8-18)30-15-23(29)28(14-17-3-1-2-4-21(17)26)12-11-16-5-6-19(25)13-22(16)27/h1-10,13H,11-12,14-15H2. The molecule has 0 N–H and O–H groups in total. The molecule has 1 amide bonds. The van der Waals surface area contributed by atoms with E-state index in [1.807, 2.05) is 24.3 Å². The Hall–Kier alpha value is -1.91. The summed E-state index contributed by atoms with van der Waals surface area (Å²) in [4.78, 5) is 14.6. The molecule has 3 aromatic rings. The molecule has 0 saturated heterocycles. The third-order valence-electron chi connectivity index (χ3n) is 4.51. The first-order valence-corrected chi connectivity index (χ1v) is 10.8. The maximum atomic E-state index is 12.9. The maximum Gasteiger partial charge on any atom is 0.260 e. The van der Waals surface area contributed by atoms with Crippen molar-refractivity contribution in [1.29, 1.82) is 0 Å². The lowest BCUT2D eigenvalue weighted by Gasteiger charge is -2.24. The van der Waals surface area contributed by atoms with E-state index in [9.17, 15) is 4.79 Å². The molecule has 30 heavy (non-hydrogen) atoms. The zero-order chi connectivity index (χ0) is 21.5. The molecule has 0 aromatic heterocycles. The number of hydrogen-bond donors (Lipinski definition) is 0. The molecule has 0 bridgehead atoms. The predicted molar refractivity (Wildman–Crippen MR) is 124 cm³/mol. The quantitative estimate of drug-likeness (QED) is 0.347. The second-order valence-corrected chi connectivity index (χ2v) is 8.32. The van der Waals surface area contributed by atoms with Crippen LogP contribution in [0.1, 0.15) is 11.1 Å². The van der Waals surface area contributed by atoms with Crippen LogP contribution in [0, 0.1) is 0 Å². The normalized spacial score (nSPS) is 10.7. The van der Waals surface area contributed by atoms with E-state index in [0.717, 1.165) is 11.1 Å². The van der Waals surface area contributed by atoms with Crippen molar-refractivity contribution in [1.82, 2.24) is 4.90 Å². The first-order chi connectivity index (χ1) is 14.4. The fourth-order valence-corrected chi connectivity index (χ4v) is 3.70. The van der Waals surface area contributed by atoms with Gasteiger partial charge < -0.3 is 9.64 Å². The lowest BCUT2D eigenvalue weighted by atomic mass is 10.1. The fraction of sp³-hybridized carbons (Fsp3) is 0.174. The summed E-state index contributed by atoms with van der Waals surface area (Å²) in [6.45, 7) is 0.726. The summed E-state index contributed by atoms with van der Waals surface area (Å²) >= 11 is 24.5. The van der Waals surface area contributed by atoms with Gasteiger partial charge in [0, 0.05) is 33.2 Å². The van der Waals surface area contributed by atoms with Gasteiger partial charge in [-0.3, -0.25) is 4.79 Å². The summed E-state index contributed by atoms with van der Waals surface area (Å²) in [6.07, 6.45) is 0.577. The van der Waals surface area contributed by atoms with Crippen molar-refractivity contribution in [3.63, 3.8) is 0 Å². The number of hydrogen-bond acceptors (Lipinski definition) is 2. The Morgan fingerprint density at radius 3 is 2.20 bits per heavy atom. The van der Waals surface area contributed by atoms with Gasteiger partial charge >= 0.3 is 0 Å². The van der Waals surface area contributed by atoms with Gasteiger partial charge in [0.1, 0.15) is 5.75 Å². The topological polar surface area (TPSA) is 29.5 Å². The second kappa shape index (κ2) is 10.9. The van der Waals surface area contributed by atoms with Crippen LogP contribution in [0.4, 0.5) is 0 Å². The zero-order valence-electron chi connectivity index (χ0n) is 16.0. The minimum atomic E-state index is -0.157. The van der Waals surface area contributed by atoms with E-state index in [4.69, 9.17) is 51.1 Å². The molecule has 0 saturated carbocycles. The Balaban J connectivity index is 1.71. The lowest BCUT2D eigenvalue weighted by Crippen LogP contribution is -2.36. The fourth-order valence-electron chi connectivity index (χ4n) is 2.87. The van der Waals surface area contributed by atoms with Crippen LogP contribution in [0.2, 0.25) is 20.1 Å². The van der Waals surface area contributed by atoms with Crippen LogP contribution in [0.3, 0.4) is 0 Å². The molecule has 0 heterocycles. The van der Waals surface area contributed by atoms with Crippen LogP contribution in [-0.4, -0.2) is 24.0 Å². The molecule has 0 radical (unpaired) electrons. The molecule has 0 aliphatic rings. The summed E-state index contributed by atoms with van der Waals surface area (Å²) in [5, 5.41) is 2.36. The van der Waals surface area contributed by atoms with E-state index in [0.29, 0.717) is 45.4 Å². The molecule has 0 aliphatic heterocycles. The van der Waals surface area contributed by atoms with E-state index in [2.05, 4.69) is 0 Å². The first kappa shape index (κ1) is 22.8. The van der Waals surface area contributed by atoms with E-state index in [1.54, 1.807) is 47.4 Å². The van der Waals surface area contributed by atoms with Crippen molar-refractivity contribution < 1.29 is 9.53 Å². The van der Waals surface area contributed by atoms with Gasteiger partial charge in [0.2, 0.25) is 0 Å². The number of carbonyl (C=O) groups excluding carboxylic acids is 1. The van der Waals surface area contributed by atoms with Crippen molar-refractivity contribution in [2.24, 2.45) is 0 Å². The van der Waals surface area contributed by atoms with E-state index >= 15 is 0 Å². The van der Waals surface area contributed by atoms with Gasteiger partial charge in [0.15, 0.2) is 6.61 Å². The first-order valence-electron chi connectivity index (χ1n) is 9.26. The Morgan fingerprint density at radius 2 is 1.50 bits per heavy atom. The monoisotopic (exact) mass is 481 g/mol. The van der Waals surface area contributed by atoms with Crippen LogP contribution < -0.4 is 4.74 Å². The van der Waals surface area contributed by atoms with Crippen molar-refractivity contribution >= 4 is 52.3 Å². The minimum Gasteiger partial charge on any atom is -0.484 e. The van der Waals surface area contributed by atoms with Gasteiger partial charge in [0.25, 0.3) is 5.91 Å².